The van der Waals surface area contributed by atoms with Crippen LogP contribution in [0.1, 0.15) is 32.0 Å². The lowest BCUT2D eigenvalue weighted by Crippen LogP contribution is -2.34. The summed E-state index contributed by atoms with van der Waals surface area (Å²) in [6.07, 6.45) is -0.448. The van der Waals surface area contributed by atoms with Gasteiger partial charge >= 0.3 is 6.09 Å². The van der Waals surface area contributed by atoms with Gasteiger partial charge in [-0.25, -0.2) is 9.78 Å². The van der Waals surface area contributed by atoms with Crippen LogP contribution in [0.3, 0.4) is 0 Å². The zero-order valence-corrected chi connectivity index (χ0v) is 13.1. The van der Waals surface area contributed by atoms with Crippen molar-refractivity contribution in [2.75, 3.05) is 13.2 Å². The van der Waals surface area contributed by atoms with Crippen LogP contribution in [-0.2, 0) is 16.1 Å². The monoisotopic (exact) mass is 300 g/mol. The van der Waals surface area contributed by atoms with Crippen LogP contribution >= 0.6 is 11.6 Å². The van der Waals surface area contributed by atoms with Crippen LogP contribution in [0.25, 0.3) is 0 Å². The average molecular weight is 301 g/mol. The molecule has 0 atom stereocenters. The molecule has 1 amide bonds. The van der Waals surface area contributed by atoms with Gasteiger partial charge in [-0.3, -0.25) is 0 Å². The van der Waals surface area contributed by atoms with Gasteiger partial charge in [-0.2, -0.15) is 0 Å². The number of aryl methyl sites for hydroxylation is 1. The molecule has 0 spiro atoms. The van der Waals surface area contributed by atoms with Crippen molar-refractivity contribution in [2.24, 2.45) is 0 Å². The maximum Gasteiger partial charge on any atom is 0.407 e. The Bertz CT molecular complexity index is 458. The molecule has 6 heteroatoms. The van der Waals surface area contributed by atoms with Crippen LogP contribution in [0.4, 0.5) is 4.79 Å². The predicted molar refractivity (Wildman–Crippen MR) is 77.9 cm³/mol. The number of amides is 1. The van der Waals surface area contributed by atoms with Crippen LogP contribution in [0, 0.1) is 6.92 Å². The highest BCUT2D eigenvalue weighted by atomic mass is 35.5. The second-order valence-electron chi connectivity index (χ2n) is 5.38. The number of ether oxygens (including phenoxy) is 2. The van der Waals surface area contributed by atoms with Crippen LogP contribution < -0.4 is 5.32 Å². The number of pyridine rings is 1. The highest BCUT2D eigenvalue weighted by molar-refractivity contribution is 6.30. The molecule has 0 radical (unpaired) electrons. The molecule has 1 heterocycles. The molecule has 0 saturated carbocycles. The van der Waals surface area contributed by atoms with Crippen molar-refractivity contribution >= 4 is 17.7 Å². The van der Waals surface area contributed by atoms with E-state index in [9.17, 15) is 4.79 Å². The van der Waals surface area contributed by atoms with E-state index in [0.717, 1.165) is 11.3 Å². The topological polar surface area (TPSA) is 60.5 Å². The lowest BCUT2D eigenvalue weighted by atomic mass is 10.2. The molecule has 0 unspecified atom stereocenters. The number of nitrogens with zero attached hydrogens (tertiary/aromatic N) is 1. The van der Waals surface area contributed by atoms with Gasteiger partial charge in [0.25, 0.3) is 0 Å². The Morgan fingerprint density at radius 3 is 2.70 bits per heavy atom. The molecule has 0 aliphatic rings. The molecule has 112 valence electrons. The van der Waals surface area contributed by atoms with E-state index in [1.807, 2.05) is 39.8 Å². The Kier molecular flexibility index (Phi) is 6.23. The summed E-state index contributed by atoms with van der Waals surface area (Å²) in [5, 5.41) is 3.06. The molecule has 0 aliphatic carbocycles. The van der Waals surface area contributed by atoms with Gasteiger partial charge in [0.15, 0.2) is 0 Å². The Labute approximate surface area is 124 Å². The summed E-state index contributed by atoms with van der Waals surface area (Å²) in [5.41, 5.74) is 1.20. The van der Waals surface area contributed by atoms with E-state index in [0.29, 0.717) is 24.9 Å². The van der Waals surface area contributed by atoms with Crippen molar-refractivity contribution < 1.29 is 14.3 Å². The van der Waals surface area contributed by atoms with Gasteiger partial charge in [0.1, 0.15) is 10.8 Å². The zero-order chi connectivity index (χ0) is 15.2. The summed E-state index contributed by atoms with van der Waals surface area (Å²) in [6, 6.07) is 3.76. The lowest BCUT2D eigenvalue weighted by molar-refractivity contribution is 0.0493. The third kappa shape index (κ3) is 6.73. The van der Waals surface area contributed by atoms with E-state index in [2.05, 4.69) is 10.3 Å². The summed E-state index contributed by atoms with van der Waals surface area (Å²) in [6.45, 7) is 8.44. The number of rotatable bonds is 5. The van der Waals surface area contributed by atoms with Gasteiger partial charge in [-0.1, -0.05) is 17.7 Å². The number of halogens is 1. The predicted octanol–water partition coefficient (Wildman–Crippen LogP) is 3.08. The minimum atomic E-state index is -0.494. The second-order valence-corrected chi connectivity index (χ2v) is 5.74. The van der Waals surface area contributed by atoms with E-state index in [-0.39, 0.29) is 0 Å². The molecule has 1 aromatic heterocycles. The standard InChI is InChI=1S/C14H21ClN2O3/c1-10-5-6-11(12(15)17-10)9-19-8-7-16-13(18)20-14(2,3)4/h5-6H,7-9H2,1-4H3,(H,16,18). The molecule has 0 saturated heterocycles. The van der Waals surface area contributed by atoms with E-state index in [4.69, 9.17) is 21.1 Å². The first-order chi connectivity index (χ1) is 9.28. The number of alkyl carbamates (subject to hydrolysis) is 1. The summed E-state index contributed by atoms with van der Waals surface area (Å²) in [5.74, 6) is 0. The Morgan fingerprint density at radius 2 is 2.10 bits per heavy atom. The van der Waals surface area contributed by atoms with Crippen LogP contribution in [0.5, 0.6) is 0 Å². The second kappa shape index (κ2) is 7.45. The van der Waals surface area contributed by atoms with E-state index in [1.54, 1.807) is 0 Å². The third-order valence-electron chi connectivity index (χ3n) is 2.24. The van der Waals surface area contributed by atoms with E-state index < -0.39 is 11.7 Å². The molecule has 0 aliphatic heterocycles. The normalized spacial score (nSPS) is 11.2. The molecule has 0 aromatic carbocycles. The Morgan fingerprint density at radius 1 is 1.40 bits per heavy atom. The number of hydrogen-bond donors (Lipinski definition) is 1. The van der Waals surface area contributed by atoms with Crippen molar-refractivity contribution in [1.82, 2.24) is 10.3 Å². The number of carbonyl (C=O) groups excluding carboxylic acids is 1. The number of carbonyl (C=O) groups is 1. The molecule has 0 bridgehead atoms. The van der Waals surface area contributed by atoms with Crippen molar-refractivity contribution in [3.63, 3.8) is 0 Å². The molecule has 20 heavy (non-hydrogen) atoms. The molecule has 1 N–H and O–H groups in total. The first-order valence-corrected chi connectivity index (χ1v) is 6.82. The smallest absolute Gasteiger partial charge is 0.407 e. The highest BCUT2D eigenvalue weighted by Gasteiger charge is 2.15. The van der Waals surface area contributed by atoms with E-state index in [1.165, 1.54) is 0 Å². The minimum Gasteiger partial charge on any atom is -0.444 e. The SMILES string of the molecule is Cc1ccc(COCCNC(=O)OC(C)(C)C)c(Cl)n1. The van der Waals surface area contributed by atoms with Gasteiger partial charge in [0.2, 0.25) is 0 Å². The van der Waals surface area contributed by atoms with E-state index >= 15 is 0 Å². The number of hydrogen-bond acceptors (Lipinski definition) is 4. The number of aromatic nitrogens is 1. The van der Waals surface area contributed by atoms with Gasteiger partial charge in [-0.05, 0) is 33.8 Å². The Balaban J connectivity index is 2.21. The fourth-order valence-electron chi connectivity index (χ4n) is 1.38. The summed E-state index contributed by atoms with van der Waals surface area (Å²) >= 11 is 5.98. The van der Waals surface area contributed by atoms with Gasteiger partial charge in [0, 0.05) is 17.8 Å². The largest absolute Gasteiger partial charge is 0.444 e. The maximum atomic E-state index is 11.4. The fraction of sp³-hybridized carbons (Fsp3) is 0.571. The summed E-state index contributed by atoms with van der Waals surface area (Å²) in [7, 11) is 0. The summed E-state index contributed by atoms with van der Waals surface area (Å²) < 4.78 is 10.5. The third-order valence-corrected chi connectivity index (χ3v) is 2.56. The highest BCUT2D eigenvalue weighted by Crippen LogP contribution is 2.14. The Hall–Kier alpha value is -1.33. The zero-order valence-electron chi connectivity index (χ0n) is 12.3. The molecular weight excluding hydrogens is 280 g/mol. The van der Waals surface area contributed by atoms with Crippen molar-refractivity contribution in [3.05, 3.63) is 28.5 Å². The first-order valence-electron chi connectivity index (χ1n) is 6.44. The molecular formula is C14H21ClN2O3. The molecule has 0 fully saturated rings. The molecule has 1 rings (SSSR count). The van der Waals surface area contributed by atoms with Crippen LogP contribution in [-0.4, -0.2) is 29.8 Å². The van der Waals surface area contributed by atoms with Crippen molar-refractivity contribution in [1.29, 1.82) is 0 Å². The number of nitrogens with one attached hydrogen (secondary N) is 1. The molecule has 1 aromatic rings. The summed E-state index contributed by atoms with van der Waals surface area (Å²) in [4.78, 5) is 15.5. The lowest BCUT2D eigenvalue weighted by Gasteiger charge is -2.19. The quantitative estimate of drug-likeness (QED) is 0.670. The van der Waals surface area contributed by atoms with Crippen LogP contribution in [0.2, 0.25) is 5.15 Å². The molecule has 5 nitrogen and oxygen atoms in total. The maximum absolute atomic E-state index is 11.4. The first kappa shape index (κ1) is 16.7. The van der Waals surface area contributed by atoms with Gasteiger partial charge in [0.05, 0.1) is 13.2 Å². The van der Waals surface area contributed by atoms with Crippen LogP contribution in [0.15, 0.2) is 12.1 Å². The fourth-order valence-corrected chi connectivity index (χ4v) is 1.63. The minimum absolute atomic E-state index is 0.363. The van der Waals surface area contributed by atoms with Gasteiger partial charge < -0.3 is 14.8 Å². The average Bonchev–Trinajstić information content (AvgIpc) is 2.28. The van der Waals surface area contributed by atoms with Crippen molar-refractivity contribution in [3.8, 4) is 0 Å². The van der Waals surface area contributed by atoms with Gasteiger partial charge in [-0.15, -0.1) is 0 Å². The van der Waals surface area contributed by atoms with Crippen molar-refractivity contribution in [2.45, 2.75) is 39.9 Å².